The van der Waals surface area contributed by atoms with Gasteiger partial charge in [-0.25, -0.2) is 4.57 Å². The maximum Gasteiger partial charge on any atom is 0.224 e. The predicted molar refractivity (Wildman–Crippen MR) is 109 cm³/mol. The van der Waals surface area contributed by atoms with E-state index in [-0.39, 0.29) is 0 Å². The third-order valence-electron chi connectivity index (χ3n) is 6.10. The van der Waals surface area contributed by atoms with E-state index >= 15 is 0 Å². The minimum absolute atomic E-state index is 1.29. The molecule has 0 spiro atoms. The zero-order chi connectivity index (χ0) is 17.6. The third kappa shape index (κ3) is 1.47. The standard InChI is InChI=1S/C24H19N2/c1-14-13-18-17-8-4-5-9-19(17)26-20-10-6-7-16-11-12-25(3)24(22(16)20)21(15(14)2)23(18)26/h4-13H,1-3H3/q+1. The lowest BCUT2D eigenvalue weighted by molar-refractivity contribution is -0.643. The number of pyridine rings is 2. The van der Waals surface area contributed by atoms with E-state index in [2.05, 4.69) is 90.7 Å². The highest BCUT2D eigenvalue weighted by atomic mass is 14.9. The fraction of sp³-hybridized carbons (Fsp3) is 0.125. The molecule has 0 saturated carbocycles. The van der Waals surface area contributed by atoms with Crippen LogP contribution in [0, 0.1) is 13.8 Å². The fourth-order valence-electron chi connectivity index (χ4n) is 4.78. The first-order valence-corrected chi connectivity index (χ1v) is 9.12. The largest absolute Gasteiger partial charge is 0.307 e. The summed E-state index contributed by atoms with van der Waals surface area (Å²) in [4.78, 5) is 0. The van der Waals surface area contributed by atoms with Gasteiger partial charge < -0.3 is 4.40 Å². The van der Waals surface area contributed by atoms with E-state index in [9.17, 15) is 0 Å². The van der Waals surface area contributed by atoms with E-state index < -0.39 is 0 Å². The lowest BCUT2D eigenvalue weighted by atomic mass is 9.97. The molecule has 6 aromatic rings. The van der Waals surface area contributed by atoms with Gasteiger partial charge in [-0.3, -0.25) is 0 Å². The van der Waals surface area contributed by atoms with Crippen LogP contribution in [-0.2, 0) is 7.05 Å². The van der Waals surface area contributed by atoms with Crippen LogP contribution in [-0.4, -0.2) is 4.40 Å². The van der Waals surface area contributed by atoms with Crippen molar-refractivity contribution in [2.45, 2.75) is 13.8 Å². The van der Waals surface area contributed by atoms with Gasteiger partial charge in [-0.2, -0.15) is 0 Å². The quantitative estimate of drug-likeness (QED) is 0.199. The Kier molecular flexibility index (Phi) is 2.45. The van der Waals surface area contributed by atoms with Crippen molar-refractivity contribution in [2.75, 3.05) is 0 Å². The molecule has 0 unspecified atom stereocenters. The number of rotatable bonds is 0. The Morgan fingerprint density at radius 1 is 0.808 bits per heavy atom. The highest BCUT2D eigenvalue weighted by molar-refractivity contribution is 6.25. The molecule has 3 aromatic carbocycles. The number of benzene rings is 3. The molecule has 2 heteroatoms. The Bertz CT molecular complexity index is 1500. The number of hydrogen-bond acceptors (Lipinski definition) is 0. The Balaban J connectivity index is 2.18. The van der Waals surface area contributed by atoms with E-state index in [1.54, 1.807) is 0 Å². The molecule has 0 aliphatic carbocycles. The SMILES string of the molecule is Cc1cc2c3ccccc3n3c4cccc5cc[n+](C)c(c(c1C)c23)c54. The van der Waals surface area contributed by atoms with Gasteiger partial charge in [0, 0.05) is 16.8 Å². The van der Waals surface area contributed by atoms with E-state index in [0.717, 1.165) is 0 Å². The zero-order valence-corrected chi connectivity index (χ0v) is 15.2. The number of hydrogen-bond donors (Lipinski definition) is 0. The van der Waals surface area contributed by atoms with Gasteiger partial charge in [-0.05, 0) is 48.6 Å². The molecule has 0 saturated heterocycles. The molecule has 0 atom stereocenters. The monoisotopic (exact) mass is 335 g/mol. The summed E-state index contributed by atoms with van der Waals surface area (Å²) < 4.78 is 4.76. The van der Waals surface area contributed by atoms with Gasteiger partial charge in [0.15, 0.2) is 6.20 Å². The first-order valence-electron chi connectivity index (χ1n) is 9.12. The first kappa shape index (κ1) is 14.1. The molecule has 124 valence electrons. The normalized spacial score (nSPS) is 12.4. The van der Waals surface area contributed by atoms with Crippen LogP contribution in [0.3, 0.4) is 0 Å². The van der Waals surface area contributed by atoms with Gasteiger partial charge >= 0.3 is 0 Å². The van der Waals surface area contributed by atoms with Crippen molar-refractivity contribution in [1.29, 1.82) is 0 Å². The summed E-state index contributed by atoms with van der Waals surface area (Å²) in [5.41, 5.74) is 7.98. The average molecular weight is 335 g/mol. The molecular formula is C24H19N2+. The summed E-state index contributed by atoms with van der Waals surface area (Å²) in [5, 5.41) is 6.71. The summed E-state index contributed by atoms with van der Waals surface area (Å²) in [7, 11) is 2.16. The minimum atomic E-state index is 1.29. The number of aromatic nitrogens is 2. The molecular weight excluding hydrogens is 316 g/mol. The Labute approximate surface area is 151 Å². The van der Waals surface area contributed by atoms with Crippen molar-refractivity contribution in [1.82, 2.24) is 4.40 Å². The molecule has 0 aliphatic rings. The molecule has 2 nitrogen and oxygen atoms in total. The Morgan fingerprint density at radius 3 is 2.50 bits per heavy atom. The third-order valence-corrected chi connectivity index (χ3v) is 6.10. The van der Waals surface area contributed by atoms with Crippen LogP contribution < -0.4 is 4.57 Å². The van der Waals surface area contributed by atoms with E-state index in [0.29, 0.717) is 0 Å². The van der Waals surface area contributed by atoms with Gasteiger partial charge in [0.1, 0.15) is 7.05 Å². The second kappa shape index (κ2) is 4.53. The smallest absolute Gasteiger partial charge is 0.224 e. The maximum absolute atomic E-state index is 2.47. The molecule has 0 N–H and O–H groups in total. The van der Waals surface area contributed by atoms with Crippen molar-refractivity contribution >= 4 is 49.0 Å². The van der Waals surface area contributed by atoms with Crippen molar-refractivity contribution in [3.05, 3.63) is 71.9 Å². The summed E-state index contributed by atoms with van der Waals surface area (Å²) in [5.74, 6) is 0. The summed E-state index contributed by atoms with van der Waals surface area (Å²) in [6, 6.07) is 20.0. The molecule has 0 bridgehead atoms. The van der Waals surface area contributed by atoms with E-state index in [4.69, 9.17) is 0 Å². The van der Waals surface area contributed by atoms with Crippen molar-refractivity contribution in [3.8, 4) is 0 Å². The first-order chi connectivity index (χ1) is 12.7. The topological polar surface area (TPSA) is 8.29 Å². The molecule has 0 fully saturated rings. The summed E-state index contributed by atoms with van der Waals surface area (Å²) in [6.07, 6.45) is 2.19. The van der Waals surface area contributed by atoms with Crippen LogP contribution >= 0.6 is 0 Å². The molecule has 0 aliphatic heterocycles. The lowest BCUT2D eigenvalue weighted by Gasteiger charge is -2.13. The van der Waals surface area contributed by atoms with E-state index in [1.165, 1.54) is 60.1 Å². The number of para-hydroxylation sites is 1. The summed E-state index contributed by atoms with van der Waals surface area (Å²) in [6.45, 7) is 4.50. The van der Waals surface area contributed by atoms with Crippen molar-refractivity contribution < 1.29 is 4.57 Å². The Hall–Kier alpha value is -3.13. The fourth-order valence-corrected chi connectivity index (χ4v) is 4.78. The lowest BCUT2D eigenvalue weighted by Crippen LogP contribution is -2.29. The highest BCUT2D eigenvalue weighted by Gasteiger charge is 2.23. The molecule has 0 amide bonds. The zero-order valence-electron chi connectivity index (χ0n) is 15.2. The number of nitrogens with zero attached hydrogens (tertiary/aromatic N) is 2. The maximum atomic E-state index is 2.47. The average Bonchev–Trinajstić information content (AvgIpc) is 2.98. The van der Waals surface area contributed by atoms with Crippen LogP contribution in [0.15, 0.2) is 60.8 Å². The molecule has 3 aromatic heterocycles. The predicted octanol–water partition coefficient (Wildman–Crippen LogP) is 5.43. The van der Waals surface area contributed by atoms with Gasteiger partial charge in [0.25, 0.3) is 0 Å². The van der Waals surface area contributed by atoms with Crippen LogP contribution in [0.2, 0.25) is 0 Å². The van der Waals surface area contributed by atoms with Crippen LogP contribution in [0.1, 0.15) is 11.1 Å². The summed E-state index contributed by atoms with van der Waals surface area (Å²) >= 11 is 0. The second-order valence-electron chi connectivity index (χ2n) is 7.46. The molecule has 0 radical (unpaired) electrons. The number of aryl methyl sites for hydroxylation is 3. The number of fused-ring (bicyclic) bond motifs is 5. The van der Waals surface area contributed by atoms with Crippen molar-refractivity contribution in [2.24, 2.45) is 7.05 Å². The Morgan fingerprint density at radius 2 is 1.62 bits per heavy atom. The van der Waals surface area contributed by atoms with Gasteiger partial charge in [-0.15, -0.1) is 0 Å². The van der Waals surface area contributed by atoms with Crippen molar-refractivity contribution in [3.63, 3.8) is 0 Å². The van der Waals surface area contributed by atoms with E-state index in [1.807, 2.05) is 0 Å². The van der Waals surface area contributed by atoms with Gasteiger partial charge in [0.2, 0.25) is 5.52 Å². The minimum Gasteiger partial charge on any atom is -0.307 e. The molecule has 3 heterocycles. The highest BCUT2D eigenvalue weighted by Crippen LogP contribution is 2.41. The molecule has 26 heavy (non-hydrogen) atoms. The molecule has 6 rings (SSSR count). The van der Waals surface area contributed by atoms with Crippen LogP contribution in [0.4, 0.5) is 0 Å². The van der Waals surface area contributed by atoms with Gasteiger partial charge in [0.05, 0.1) is 27.3 Å². The van der Waals surface area contributed by atoms with Crippen LogP contribution in [0.25, 0.3) is 49.0 Å². The van der Waals surface area contributed by atoms with Gasteiger partial charge in [-0.1, -0.05) is 30.3 Å². The van der Waals surface area contributed by atoms with Crippen LogP contribution in [0.5, 0.6) is 0 Å². The second-order valence-corrected chi connectivity index (χ2v) is 7.46.